The van der Waals surface area contributed by atoms with E-state index in [1.54, 1.807) is 0 Å². The summed E-state index contributed by atoms with van der Waals surface area (Å²) in [7, 11) is 0. The van der Waals surface area contributed by atoms with E-state index in [4.69, 9.17) is 0 Å². The molecule has 0 amide bonds. The molecule has 0 spiro atoms. The minimum atomic E-state index is -0.0645. The van der Waals surface area contributed by atoms with Crippen LogP contribution in [0.25, 0.3) is 0 Å². The summed E-state index contributed by atoms with van der Waals surface area (Å²) in [6.45, 7) is 9.56. The first kappa shape index (κ1) is 14.3. The van der Waals surface area contributed by atoms with Crippen molar-refractivity contribution in [2.24, 2.45) is 0 Å². The van der Waals surface area contributed by atoms with E-state index in [9.17, 15) is 5.11 Å². The van der Waals surface area contributed by atoms with Crippen molar-refractivity contribution in [3.05, 3.63) is 0 Å². The summed E-state index contributed by atoms with van der Waals surface area (Å²) >= 11 is 0. The Labute approximate surface area is 112 Å². The second-order valence-electron chi connectivity index (χ2n) is 7.14. The molecular weight excluding hydrogens is 224 g/mol. The molecule has 2 rings (SSSR count). The third-order valence-corrected chi connectivity index (χ3v) is 4.71. The topological polar surface area (TPSA) is 35.5 Å². The number of likely N-dealkylation sites (tertiary alicyclic amines) is 1. The van der Waals surface area contributed by atoms with E-state index < -0.39 is 0 Å². The van der Waals surface area contributed by atoms with Gasteiger partial charge in [-0.25, -0.2) is 0 Å². The maximum absolute atomic E-state index is 9.58. The van der Waals surface area contributed by atoms with Crippen molar-refractivity contribution >= 4 is 0 Å². The van der Waals surface area contributed by atoms with Gasteiger partial charge in [-0.05, 0) is 72.4 Å². The Kier molecular flexibility index (Phi) is 4.35. The summed E-state index contributed by atoms with van der Waals surface area (Å²) in [4.78, 5) is 2.61. The molecule has 1 saturated heterocycles. The number of aliphatic hydroxyl groups is 1. The van der Waals surface area contributed by atoms with Gasteiger partial charge >= 0.3 is 0 Å². The number of hydrogen-bond acceptors (Lipinski definition) is 3. The maximum Gasteiger partial charge on any atom is 0.0610 e. The molecule has 3 heteroatoms. The lowest BCUT2D eigenvalue weighted by Gasteiger charge is -2.34. The van der Waals surface area contributed by atoms with E-state index in [-0.39, 0.29) is 12.1 Å². The van der Waals surface area contributed by atoms with E-state index >= 15 is 0 Å². The predicted octanol–water partition coefficient (Wildman–Crippen LogP) is 2.14. The average Bonchev–Trinajstić information content (AvgIpc) is 3.04. The zero-order chi connectivity index (χ0) is 13.2. The Hall–Kier alpha value is -0.120. The van der Waals surface area contributed by atoms with E-state index in [1.165, 1.54) is 45.2 Å². The number of nitrogens with zero attached hydrogens (tertiary/aromatic N) is 1. The maximum atomic E-state index is 9.58. The quantitative estimate of drug-likeness (QED) is 0.731. The summed E-state index contributed by atoms with van der Waals surface area (Å²) in [5.41, 5.74) is 0.324. The fourth-order valence-electron chi connectivity index (χ4n) is 3.16. The highest BCUT2D eigenvalue weighted by Gasteiger charge is 2.34. The van der Waals surface area contributed by atoms with Gasteiger partial charge in [-0.3, -0.25) is 4.90 Å². The van der Waals surface area contributed by atoms with Crippen LogP contribution in [0.2, 0.25) is 0 Å². The molecule has 0 aromatic heterocycles. The molecule has 2 N–H and O–H groups in total. The smallest absolute Gasteiger partial charge is 0.0610 e. The van der Waals surface area contributed by atoms with Gasteiger partial charge < -0.3 is 10.4 Å². The summed E-state index contributed by atoms with van der Waals surface area (Å²) in [5.74, 6) is 0. The van der Waals surface area contributed by atoms with Gasteiger partial charge in [-0.15, -0.1) is 0 Å². The zero-order valence-electron chi connectivity index (χ0n) is 12.3. The number of aliphatic hydroxyl groups excluding tert-OH is 1. The fraction of sp³-hybridized carbons (Fsp3) is 1.00. The Morgan fingerprint density at radius 2 is 2.11 bits per heavy atom. The molecule has 3 nitrogen and oxygen atoms in total. The first-order valence-corrected chi connectivity index (χ1v) is 7.59. The normalized spacial score (nSPS) is 27.3. The molecule has 0 aromatic rings. The molecular formula is C15H30N2O. The molecule has 18 heavy (non-hydrogen) atoms. The van der Waals surface area contributed by atoms with Crippen LogP contribution in [0.1, 0.15) is 59.3 Å². The molecule has 1 unspecified atom stereocenters. The lowest BCUT2D eigenvalue weighted by molar-refractivity contribution is 0.138. The van der Waals surface area contributed by atoms with Crippen molar-refractivity contribution in [2.75, 3.05) is 19.7 Å². The van der Waals surface area contributed by atoms with Gasteiger partial charge in [0.15, 0.2) is 0 Å². The standard InChI is InChI=1S/C15H30N2O/c1-14(2)8-4-10-17(14)11-5-9-15(3,12-18)16-13-6-7-13/h13,16,18H,4-12H2,1-3H3. The SMILES string of the molecule is CC(CO)(CCCN1CCCC1(C)C)NC1CC1. The molecule has 1 heterocycles. The second kappa shape index (κ2) is 5.48. The van der Waals surface area contributed by atoms with Gasteiger partial charge in [-0.1, -0.05) is 0 Å². The molecule has 1 atom stereocenters. The first-order chi connectivity index (χ1) is 8.45. The predicted molar refractivity (Wildman–Crippen MR) is 75.8 cm³/mol. The van der Waals surface area contributed by atoms with E-state index in [1.807, 2.05) is 0 Å². The lowest BCUT2D eigenvalue weighted by Crippen LogP contribution is -2.47. The zero-order valence-corrected chi connectivity index (χ0v) is 12.3. The molecule has 0 aromatic carbocycles. The number of rotatable bonds is 7. The first-order valence-electron chi connectivity index (χ1n) is 7.59. The van der Waals surface area contributed by atoms with Crippen LogP contribution in [0.4, 0.5) is 0 Å². The Morgan fingerprint density at radius 3 is 2.61 bits per heavy atom. The molecule has 0 bridgehead atoms. The van der Waals surface area contributed by atoms with Crippen molar-refractivity contribution in [2.45, 2.75) is 76.4 Å². The summed E-state index contributed by atoms with van der Waals surface area (Å²) in [6, 6.07) is 0.672. The Balaban J connectivity index is 1.72. The van der Waals surface area contributed by atoms with Gasteiger partial charge in [-0.2, -0.15) is 0 Å². The van der Waals surface area contributed by atoms with Crippen molar-refractivity contribution in [3.63, 3.8) is 0 Å². The molecule has 1 saturated carbocycles. The van der Waals surface area contributed by atoms with Crippen molar-refractivity contribution < 1.29 is 5.11 Å². The highest BCUT2D eigenvalue weighted by Crippen LogP contribution is 2.29. The average molecular weight is 254 g/mol. The largest absolute Gasteiger partial charge is 0.394 e. The molecule has 106 valence electrons. The van der Waals surface area contributed by atoms with E-state index in [0.29, 0.717) is 11.6 Å². The van der Waals surface area contributed by atoms with Crippen molar-refractivity contribution in [3.8, 4) is 0 Å². The van der Waals surface area contributed by atoms with Gasteiger partial charge in [0.2, 0.25) is 0 Å². The van der Waals surface area contributed by atoms with Gasteiger partial charge in [0.05, 0.1) is 6.61 Å². The second-order valence-corrected chi connectivity index (χ2v) is 7.14. The molecule has 2 fully saturated rings. The Bertz CT molecular complexity index is 276. The van der Waals surface area contributed by atoms with Crippen molar-refractivity contribution in [1.29, 1.82) is 0 Å². The van der Waals surface area contributed by atoms with Gasteiger partial charge in [0.1, 0.15) is 0 Å². The van der Waals surface area contributed by atoms with Crippen LogP contribution in [-0.2, 0) is 0 Å². The van der Waals surface area contributed by atoms with E-state index in [0.717, 1.165) is 6.42 Å². The third kappa shape index (κ3) is 3.69. The lowest BCUT2D eigenvalue weighted by atomic mass is 9.95. The fourth-order valence-corrected chi connectivity index (χ4v) is 3.16. The van der Waals surface area contributed by atoms with Gasteiger partial charge in [0.25, 0.3) is 0 Å². The molecule has 0 radical (unpaired) electrons. The monoisotopic (exact) mass is 254 g/mol. The summed E-state index contributed by atoms with van der Waals surface area (Å²) in [6.07, 6.45) is 7.49. The third-order valence-electron chi connectivity index (χ3n) is 4.71. The van der Waals surface area contributed by atoms with Crippen LogP contribution >= 0.6 is 0 Å². The van der Waals surface area contributed by atoms with Gasteiger partial charge in [0, 0.05) is 17.1 Å². The summed E-state index contributed by atoms with van der Waals surface area (Å²) < 4.78 is 0. The molecule has 1 aliphatic carbocycles. The van der Waals surface area contributed by atoms with Crippen LogP contribution in [0.15, 0.2) is 0 Å². The Morgan fingerprint density at radius 1 is 1.39 bits per heavy atom. The summed E-state index contributed by atoms with van der Waals surface area (Å²) in [5, 5.41) is 13.2. The highest BCUT2D eigenvalue weighted by molar-refractivity contribution is 4.93. The number of hydrogen-bond donors (Lipinski definition) is 2. The molecule has 1 aliphatic heterocycles. The van der Waals surface area contributed by atoms with Crippen LogP contribution < -0.4 is 5.32 Å². The molecule has 2 aliphatic rings. The highest BCUT2D eigenvalue weighted by atomic mass is 16.3. The van der Waals surface area contributed by atoms with Crippen LogP contribution in [0.3, 0.4) is 0 Å². The minimum absolute atomic E-state index is 0.0645. The minimum Gasteiger partial charge on any atom is -0.394 e. The van der Waals surface area contributed by atoms with Crippen molar-refractivity contribution in [1.82, 2.24) is 10.2 Å². The number of nitrogens with one attached hydrogen (secondary N) is 1. The van der Waals surface area contributed by atoms with Crippen LogP contribution in [0.5, 0.6) is 0 Å². The van der Waals surface area contributed by atoms with E-state index in [2.05, 4.69) is 31.0 Å². The van der Waals surface area contributed by atoms with Crippen LogP contribution in [0, 0.1) is 0 Å². The van der Waals surface area contributed by atoms with Crippen LogP contribution in [-0.4, -0.2) is 46.8 Å².